The molecular formula is C11H19N3O2S. The topological polar surface area (TPSA) is 75.4 Å². The van der Waals surface area contributed by atoms with Gasteiger partial charge in [-0.1, -0.05) is 18.6 Å². The van der Waals surface area contributed by atoms with Crippen LogP contribution in [0.3, 0.4) is 0 Å². The monoisotopic (exact) mass is 257 g/mol. The SMILES string of the molecule is CN(C)C(=O)CCNC(=O)C1(C(N)=S)CCC1. The van der Waals surface area contributed by atoms with Gasteiger partial charge in [-0.2, -0.15) is 0 Å². The van der Waals surface area contributed by atoms with Gasteiger partial charge in [0.15, 0.2) is 0 Å². The summed E-state index contributed by atoms with van der Waals surface area (Å²) in [6.45, 7) is 0.334. The fourth-order valence-corrected chi connectivity index (χ4v) is 2.09. The van der Waals surface area contributed by atoms with Crippen LogP contribution < -0.4 is 11.1 Å². The van der Waals surface area contributed by atoms with Gasteiger partial charge in [-0.15, -0.1) is 0 Å². The van der Waals surface area contributed by atoms with E-state index in [1.807, 2.05) is 0 Å². The molecule has 0 radical (unpaired) electrons. The Balaban J connectivity index is 2.40. The van der Waals surface area contributed by atoms with Gasteiger partial charge in [0.25, 0.3) is 0 Å². The van der Waals surface area contributed by atoms with Gasteiger partial charge in [-0.25, -0.2) is 0 Å². The summed E-state index contributed by atoms with van der Waals surface area (Å²) in [5.74, 6) is -0.147. The molecule has 0 heterocycles. The summed E-state index contributed by atoms with van der Waals surface area (Å²) in [7, 11) is 3.37. The Morgan fingerprint density at radius 3 is 2.35 bits per heavy atom. The molecule has 0 bridgehead atoms. The van der Waals surface area contributed by atoms with Crippen molar-refractivity contribution in [3.05, 3.63) is 0 Å². The number of hydrogen-bond donors (Lipinski definition) is 2. The molecule has 1 rings (SSSR count). The number of nitrogens with zero attached hydrogens (tertiary/aromatic N) is 1. The van der Waals surface area contributed by atoms with Crippen LogP contribution in [0.5, 0.6) is 0 Å². The quantitative estimate of drug-likeness (QED) is 0.682. The number of hydrogen-bond acceptors (Lipinski definition) is 3. The molecule has 96 valence electrons. The molecule has 2 amide bonds. The van der Waals surface area contributed by atoms with E-state index in [4.69, 9.17) is 18.0 Å². The minimum atomic E-state index is -0.656. The van der Waals surface area contributed by atoms with Crippen LogP contribution in [0.25, 0.3) is 0 Å². The number of carbonyl (C=O) groups excluding carboxylic acids is 2. The average molecular weight is 257 g/mol. The molecule has 0 unspecified atom stereocenters. The van der Waals surface area contributed by atoms with E-state index in [9.17, 15) is 9.59 Å². The lowest BCUT2D eigenvalue weighted by atomic mass is 9.68. The molecule has 0 spiro atoms. The molecule has 17 heavy (non-hydrogen) atoms. The van der Waals surface area contributed by atoms with Crippen molar-refractivity contribution in [1.82, 2.24) is 10.2 Å². The first-order valence-electron chi connectivity index (χ1n) is 5.68. The molecule has 1 saturated carbocycles. The van der Waals surface area contributed by atoms with E-state index in [1.54, 1.807) is 14.1 Å². The van der Waals surface area contributed by atoms with Crippen molar-refractivity contribution in [3.8, 4) is 0 Å². The number of carbonyl (C=O) groups is 2. The Bertz CT molecular complexity index is 338. The molecule has 0 aromatic carbocycles. The third kappa shape index (κ3) is 2.94. The third-order valence-corrected chi connectivity index (χ3v) is 3.63. The van der Waals surface area contributed by atoms with Crippen LogP contribution in [-0.4, -0.2) is 42.3 Å². The molecule has 1 aliphatic rings. The van der Waals surface area contributed by atoms with E-state index in [0.717, 1.165) is 19.3 Å². The number of rotatable bonds is 5. The fourth-order valence-electron chi connectivity index (χ4n) is 1.79. The molecule has 0 aromatic heterocycles. The van der Waals surface area contributed by atoms with Crippen LogP contribution in [0.2, 0.25) is 0 Å². The summed E-state index contributed by atoms with van der Waals surface area (Å²) in [5, 5.41) is 2.74. The zero-order chi connectivity index (χ0) is 13.1. The van der Waals surface area contributed by atoms with Gasteiger partial charge >= 0.3 is 0 Å². The predicted molar refractivity (Wildman–Crippen MR) is 69.4 cm³/mol. The molecule has 0 aliphatic heterocycles. The third-order valence-electron chi connectivity index (χ3n) is 3.24. The van der Waals surface area contributed by atoms with Gasteiger partial charge in [-0.05, 0) is 12.8 Å². The van der Waals surface area contributed by atoms with E-state index in [0.29, 0.717) is 13.0 Å². The van der Waals surface area contributed by atoms with Gasteiger partial charge in [0.05, 0.1) is 10.4 Å². The maximum absolute atomic E-state index is 11.9. The molecule has 0 aromatic rings. The first kappa shape index (κ1) is 13.9. The van der Waals surface area contributed by atoms with Crippen LogP contribution in [0.1, 0.15) is 25.7 Å². The molecule has 3 N–H and O–H groups in total. The van der Waals surface area contributed by atoms with Crippen molar-refractivity contribution in [1.29, 1.82) is 0 Å². The molecule has 6 heteroatoms. The predicted octanol–water partition coefficient (Wildman–Crippen LogP) is 0.0373. The lowest BCUT2D eigenvalue weighted by Crippen LogP contribution is -2.53. The first-order chi connectivity index (χ1) is 7.90. The van der Waals surface area contributed by atoms with E-state index >= 15 is 0 Å². The van der Waals surface area contributed by atoms with Gasteiger partial charge in [-0.3, -0.25) is 9.59 Å². The smallest absolute Gasteiger partial charge is 0.233 e. The van der Waals surface area contributed by atoms with Crippen LogP contribution in [0, 0.1) is 5.41 Å². The highest BCUT2D eigenvalue weighted by Gasteiger charge is 2.46. The van der Waals surface area contributed by atoms with Crippen molar-refractivity contribution in [2.45, 2.75) is 25.7 Å². The van der Waals surface area contributed by atoms with Crippen molar-refractivity contribution in [2.75, 3.05) is 20.6 Å². The van der Waals surface area contributed by atoms with Crippen molar-refractivity contribution in [2.24, 2.45) is 11.1 Å². The highest BCUT2D eigenvalue weighted by atomic mass is 32.1. The Morgan fingerprint density at radius 2 is 2.00 bits per heavy atom. The van der Waals surface area contributed by atoms with Crippen LogP contribution in [-0.2, 0) is 9.59 Å². The van der Waals surface area contributed by atoms with Crippen LogP contribution in [0.15, 0.2) is 0 Å². The summed E-state index contributed by atoms with van der Waals surface area (Å²) in [4.78, 5) is 25.0. The van der Waals surface area contributed by atoms with Gasteiger partial charge < -0.3 is 16.0 Å². The summed E-state index contributed by atoms with van der Waals surface area (Å²) in [5.41, 5.74) is 4.95. The highest BCUT2D eigenvalue weighted by molar-refractivity contribution is 7.80. The summed E-state index contributed by atoms with van der Waals surface area (Å²) < 4.78 is 0. The second kappa shape index (κ2) is 5.44. The number of nitrogens with one attached hydrogen (secondary N) is 1. The number of nitrogens with two attached hydrogens (primary N) is 1. The number of thiocarbonyl (C=S) groups is 1. The van der Waals surface area contributed by atoms with E-state index in [2.05, 4.69) is 5.32 Å². The molecule has 5 nitrogen and oxygen atoms in total. The maximum atomic E-state index is 11.9. The van der Waals surface area contributed by atoms with E-state index in [1.165, 1.54) is 4.90 Å². The fraction of sp³-hybridized carbons (Fsp3) is 0.727. The minimum absolute atomic E-state index is 0.0108. The van der Waals surface area contributed by atoms with E-state index in [-0.39, 0.29) is 16.8 Å². The minimum Gasteiger partial charge on any atom is -0.392 e. The molecule has 0 atom stereocenters. The maximum Gasteiger partial charge on any atom is 0.233 e. The largest absolute Gasteiger partial charge is 0.392 e. The molecular weight excluding hydrogens is 238 g/mol. The Kier molecular flexibility index (Phi) is 4.45. The lowest BCUT2D eigenvalue weighted by molar-refractivity contribution is -0.131. The standard InChI is InChI=1S/C11H19N3O2S/c1-14(2)8(15)4-7-13-10(16)11(9(12)17)5-3-6-11/h3-7H2,1-2H3,(H2,12,17)(H,13,16). The van der Waals surface area contributed by atoms with E-state index < -0.39 is 5.41 Å². The Labute approximate surface area is 107 Å². The summed E-state index contributed by atoms with van der Waals surface area (Å²) >= 11 is 4.94. The van der Waals surface area contributed by atoms with Gasteiger partial charge in [0.1, 0.15) is 0 Å². The second-order valence-electron chi connectivity index (χ2n) is 4.59. The summed E-state index contributed by atoms with van der Waals surface area (Å²) in [6, 6.07) is 0. The Hall–Kier alpha value is -1.17. The molecule has 1 aliphatic carbocycles. The normalized spacial score (nSPS) is 16.8. The van der Waals surface area contributed by atoms with Crippen molar-refractivity contribution in [3.63, 3.8) is 0 Å². The van der Waals surface area contributed by atoms with Crippen molar-refractivity contribution < 1.29 is 9.59 Å². The summed E-state index contributed by atoms with van der Waals surface area (Å²) in [6.07, 6.45) is 2.71. The Morgan fingerprint density at radius 1 is 1.41 bits per heavy atom. The first-order valence-corrected chi connectivity index (χ1v) is 6.09. The zero-order valence-electron chi connectivity index (χ0n) is 10.3. The lowest BCUT2D eigenvalue weighted by Gasteiger charge is -2.39. The molecule has 1 fully saturated rings. The van der Waals surface area contributed by atoms with Gasteiger partial charge in [0.2, 0.25) is 11.8 Å². The van der Waals surface area contributed by atoms with Crippen LogP contribution in [0.4, 0.5) is 0 Å². The van der Waals surface area contributed by atoms with Gasteiger partial charge in [0, 0.05) is 27.1 Å². The van der Waals surface area contributed by atoms with Crippen LogP contribution >= 0.6 is 12.2 Å². The second-order valence-corrected chi connectivity index (χ2v) is 5.03. The van der Waals surface area contributed by atoms with Crippen molar-refractivity contribution >= 4 is 29.0 Å². The zero-order valence-corrected chi connectivity index (χ0v) is 11.1. The number of amides is 2. The average Bonchev–Trinajstić information content (AvgIpc) is 2.14. The highest BCUT2D eigenvalue weighted by Crippen LogP contribution is 2.41. The molecule has 0 saturated heterocycles.